The Kier molecular flexibility index (Phi) is 3.41. The van der Waals surface area contributed by atoms with E-state index in [0.29, 0.717) is 33.7 Å². The summed E-state index contributed by atoms with van der Waals surface area (Å²) in [7, 11) is 1.51. The number of rotatable bonds is 3. The molecule has 0 saturated carbocycles. The summed E-state index contributed by atoms with van der Waals surface area (Å²) >= 11 is 6.10. The van der Waals surface area contributed by atoms with Crippen LogP contribution in [0.15, 0.2) is 34.9 Å². The number of halogens is 1. The van der Waals surface area contributed by atoms with E-state index in [4.69, 9.17) is 26.6 Å². The maximum atomic E-state index is 6.10. The molecule has 2 aromatic heterocycles. The van der Waals surface area contributed by atoms with E-state index in [1.165, 1.54) is 7.11 Å². The third-order valence-electron chi connectivity index (χ3n) is 2.73. The number of methoxy groups -OCH3 is 1. The molecule has 0 bridgehead atoms. The highest BCUT2D eigenvalue weighted by Crippen LogP contribution is 2.29. The van der Waals surface area contributed by atoms with Crippen LogP contribution in [0.4, 0.5) is 5.69 Å². The fourth-order valence-electron chi connectivity index (χ4n) is 1.69. The fraction of sp³-hybridized carbons (Fsp3) is 0.0769. The summed E-state index contributed by atoms with van der Waals surface area (Å²) < 4.78 is 10.1. The standard InChI is InChI=1S/C13H10ClN5O2/c1-20-11-5-4-10(17-18-11)12-16-13(21-19-12)8-6-7(15)2-3-9(8)14/h2-6H,15H2,1H3. The molecule has 1 aromatic carbocycles. The number of nitrogens with two attached hydrogens (primary N) is 1. The molecule has 7 nitrogen and oxygen atoms in total. The number of hydrogen-bond acceptors (Lipinski definition) is 7. The zero-order valence-corrected chi connectivity index (χ0v) is 11.7. The van der Waals surface area contributed by atoms with Gasteiger partial charge in [0.25, 0.3) is 5.89 Å². The number of benzene rings is 1. The van der Waals surface area contributed by atoms with Gasteiger partial charge >= 0.3 is 0 Å². The molecule has 0 unspecified atom stereocenters. The molecule has 0 aliphatic heterocycles. The first kappa shape index (κ1) is 13.3. The van der Waals surface area contributed by atoms with Gasteiger partial charge in [-0.3, -0.25) is 0 Å². The van der Waals surface area contributed by atoms with Crippen LogP contribution in [0.1, 0.15) is 0 Å². The van der Waals surface area contributed by atoms with Gasteiger partial charge in [0.1, 0.15) is 5.69 Å². The smallest absolute Gasteiger partial charge is 0.259 e. The summed E-state index contributed by atoms with van der Waals surface area (Å²) in [6.45, 7) is 0. The second-order valence-electron chi connectivity index (χ2n) is 4.12. The highest BCUT2D eigenvalue weighted by Gasteiger charge is 2.15. The van der Waals surface area contributed by atoms with E-state index < -0.39 is 0 Å². The van der Waals surface area contributed by atoms with Crippen LogP contribution >= 0.6 is 11.6 Å². The van der Waals surface area contributed by atoms with Crippen LogP contribution in [-0.4, -0.2) is 27.4 Å². The van der Waals surface area contributed by atoms with E-state index in [1.807, 2.05) is 0 Å². The minimum Gasteiger partial charge on any atom is -0.480 e. The van der Waals surface area contributed by atoms with Crippen molar-refractivity contribution < 1.29 is 9.26 Å². The second kappa shape index (κ2) is 5.37. The SMILES string of the molecule is COc1ccc(-c2noc(-c3cc(N)ccc3Cl)n2)nn1. The molecule has 0 atom stereocenters. The third kappa shape index (κ3) is 2.63. The van der Waals surface area contributed by atoms with E-state index in [9.17, 15) is 0 Å². The molecule has 2 N–H and O–H groups in total. The Balaban J connectivity index is 1.97. The number of aromatic nitrogens is 4. The lowest BCUT2D eigenvalue weighted by atomic mass is 10.2. The van der Waals surface area contributed by atoms with Crippen molar-refractivity contribution in [3.05, 3.63) is 35.4 Å². The van der Waals surface area contributed by atoms with Crippen molar-refractivity contribution in [2.45, 2.75) is 0 Å². The first-order chi connectivity index (χ1) is 10.2. The average molecular weight is 304 g/mol. The Hall–Kier alpha value is -2.67. The second-order valence-corrected chi connectivity index (χ2v) is 4.53. The maximum Gasteiger partial charge on any atom is 0.259 e. The number of hydrogen-bond donors (Lipinski definition) is 1. The Morgan fingerprint density at radius 2 is 2.05 bits per heavy atom. The van der Waals surface area contributed by atoms with Crippen molar-refractivity contribution in [1.82, 2.24) is 20.3 Å². The minimum atomic E-state index is 0.264. The van der Waals surface area contributed by atoms with Gasteiger partial charge in [0.05, 0.1) is 17.7 Å². The van der Waals surface area contributed by atoms with Gasteiger partial charge in [-0.2, -0.15) is 4.98 Å². The van der Waals surface area contributed by atoms with Crippen LogP contribution < -0.4 is 10.5 Å². The van der Waals surface area contributed by atoms with Crippen LogP contribution in [0.5, 0.6) is 5.88 Å². The van der Waals surface area contributed by atoms with Crippen molar-refractivity contribution in [1.29, 1.82) is 0 Å². The number of nitrogen functional groups attached to an aromatic ring is 1. The minimum absolute atomic E-state index is 0.264. The molecular formula is C13H10ClN5O2. The van der Waals surface area contributed by atoms with Crippen LogP contribution in [0.2, 0.25) is 5.02 Å². The van der Waals surface area contributed by atoms with Crippen LogP contribution in [-0.2, 0) is 0 Å². The van der Waals surface area contributed by atoms with Gasteiger partial charge in [-0.05, 0) is 24.3 Å². The Morgan fingerprint density at radius 1 is 1.19 bits per heavy atom. The van der Waals surface area contributed by atoms with Crippen LogP contribution in [0, 0.1) is 0 Å². The highest BCUT2D eigenvalue weighted by atomic mass is 35.5. The summed E-state index contributed by atoms with van der Waals surface area (Å²) in [4.78, 5) is 4.25. The molecule has 2 heterocycles. The van der Waals surface area contributed by atoms with Gasteiger partial charge in [-0.25, -0.2) is 0 Å². The first-order valence-corrected chi connectivity index (χ1v) is 6.32. The lowest BCUT2D eigenvalue weighted by molar-refractivity contribution is 0.392. The summed E-state index contributed by atoms with van der Waals surface area (Å²) in [5, 5.41) is 12.1. The highest BCUT2D eigenvalue weighted by molar-refractivity contribution is 6.33. The van der Waals surface area contributed by atoms with Gasteiger partial charge in [0.15, 0.2) is 0 Å². The Labute approximate surface area is 124 Å². The normalized spacial score (nSPS) is 10.6. The Morgan fingerprint density at radius 3 is 2.76 bits per heavy atom. The molecule has 0 aliphatic carbocycles. The number of anilines is 1. The van der Waals surface area contributed by atoms with Crippen molar-refractivity contribution >= 4 is 17.3 Å². The van der Waals surface area contributed by atoms with Gasteiger partial charge < -0.3 is 15.0 Å². The van der Waals surface area contributed by atoms with Crippen molar-refractivity contribution in [2.24, 2.45) is 0 Å². The maximum absolute atomic E-state index is 6.10. The first-order valence-electron chi connectivity index (χ1n) is 5.94. The molecular weight excluding hydrogens is 294 g/mol. The molecule has 0 fully saturated rings. The third-order valence-corrected chi connectivity index (χ3v) is 3.05. The van der Waals surface area contributed by atoms with E-state index in [0.717, 1.165) is 0 Å². The quantitative estimate of drug-likeness (QED) is 0.742. The molecule has 0 spiro atoms. The Bertz CT molecular complexity index is 772. The predicted molar refractivity (Wildman–Crippen MR) is 76.7 cm³/mol. The monoisotopic (exact) mass is 303 g/mol. The molecule has 21 heavy (non-hydrogen) atoms. The topological polar surface area (TPSA) is 100.0 Å². The van der Waals surface area contributed by atoms with E-state index >= 15 is 0 Å². The van der Waals surface area contributed by atoms with Crippen molar-refractivity contribution in [3.63, 3.8) is 0 Å². The predicted octanol–water partition coefficient (Wildman–Crippen LogP) is 2.44. The molecule has 3 rings (SSSR count). The molecule has 0 aliphatic rings. The van der Waals surface area contributed by atoms with E-state index in [1.54, 1.807) is 30.3 Å². The van der Waals surface area contributed by atoms with Gasteiger partial charge in [0.2, 0.25) is 11.7 Å². The molecule has 0 radical (unpaired) electrons. The summed E-state index contributed by atoms with van der Waals surface area (Å²) in [6.07, 6.45) is 0. The van der Waals surface area contributed by atoms with E-state index in [-0.39, 0.29) is 5.89 Å². The zero-order valence-electron chi connectivity index (χ0n) is 10.9. The molecule has 106 valence electrons. The lowest BCUT2D eigenvalue weighted by Crippen LogP contribution is -1.93. The molecule has 8 heteroatoms. The largest absolute Gasteiger partial charge is 0.480 e. The summed E-state index contributed by atoms with van der Waals surface area (Å²) in [6, 6.07) is 8.37. The zero-order chi connectivity index (χ0) is 14.8. The average Bonchev–Trinajstić information content (AvgIpc) is 2.99. The summed E-state index contributed by atoms with van der Waals surface area (Å²) in [5.41, 5.74) is 7.31. The van der Waals surface area contributed by atoms with Crippen molar-refractivity contribution in [3.8, 4) is 28.9 Å². The lowest BCUT2D eigenvalue weighted by Gasteiger charge is -1.99. The molecule has 3 aromatic rings. The van der Waals surface area contributed by atoms with Gasteiger partial charge in [0, 0.05) is 11.8 Å². The van der Waals surface area contributed by atoms with Gasteiger partial charge in [-0.1, -0.05) is 16.8 Å². The molecule has 0 saturated heterocycles. The van der Waals surface area contributed by atoms with E-state index in [2.05, 4.69) is 20.3 Å². The molecule has 0 amide bonds. The number of nitrogens with zero attached hydrogens (tertiary/aromatic N) is 4. The van der Waals surface area contributed by atoms with Gasteiger partial charge in [-0.15, -0.1) is 10.2 Å². The van der Waals surface area contributed by atoms with Crippen molar-refractivity contribution in [2.75, 3.05) is 12.8 Å². The number of ether oxygens (including phenoxy) is 1. The summed E-state index contributed by atoms with van der Waals surface area (Å²) in [5.74, 6) is 0.972. The van der Waals surface area contributed by atoms with Crippen LogP contribution in [0.25, 0.3) is 23.0 Å². The fourth-order valence-corrected chi connectivity index (χ4v) is 1.89. The van der Waals surface area contributed by atoms with Crippen LogP contribution in [0.3, 0.4) is 0 Å².